The van der Waals surface area contributed by atoms with Gasteiger partial charge in [-0.2, -0.15) is 4.98 Å². The number of nitrogens with two attached hydrogens (primary N) is 1. The average Bonchev–Trinajstić information content (AvgIpc) is 3.21. The van der Waals surface area contributed by atoms with E-state index in [1.165, 1.54) is 16.7 Å². The predicted octanol–water partition coefficient (Wildman–Crippen LogP) is 5.59. The van der Waals surface area contributed by atoms with Crippen LogP contribution in [-0.4, -0.2) is 44.9 Å². The van der Waals surface area contributed by atoms with E-state index in [0.29, 0.717) is 42.4 Å². The molecule has 0 saturated heterocycles. The van der Waals surface area contributed by atoms with E-state index in [1.54, 1.807) is 10.7 Å². The molecule has 2 aromatic heterocycles. The fourth-order valence-electron chi connectivity index (χ4n) is 5.08. The van der Waals surface area contributed by atoms with Crippen LogP contribution in [0.2, 0.25) is 0 Å². The molecule has 208 valence electrons. The number of nitrogens with zero attached hydrogens (tertiary/aromatic N) is 4. The van der Waals surface area contributed by atoms with Crippen molar-refractivity contribution in [3.8, 4) is 11.4 Å². The minimum Gasteiger partial charge on any atom is -0.354 e. The molecule has 1 atom stereocenters. The van der Waals surface area contributed by atoms with Gasteiger partial charge < -0.3 is 11.1 Å². The SMILES string of the molecule is CC=NC(CCN)Cc1c(=O)[nH]n2c(NCCCC3=CC(C)=CCC3)nc(-c3ccc(C(C)(C)C)cc3)nc12. The number of aromatic amines is 1. The van der Waals surface area contributed by atoms with Crippen molar-refractivity contribution in [2.45, 2.75) is 84.6 Å². The van der Waals surface area contributed by atoms with Crippen LogP contribution < -0.4 is 16.6 Å². The van der Waals surface area contributed by atoms with Crippen molar-refractivity contribution >= 4 is 17.8 Å². The maximum atomic E-state index is 13.1. The first kappa shape index (κ1) is 28.5. The van der Waals surface area contributed by atoms with E-state index in [2.05, 4.69) is 79.5 Å². The summed E-state index contributed by atoms with van der Waals surface area (Å²) in [4.78, 5) is 27.4. The third kappa shape index (κ3) is 7.12. The molecule has 0 saturated carbocycles. The van der Waals surface area contributed by atoms with Gasteiger partial charge in [0.2, 0.25) is 5.95 Å². The highest BCUT2D eigenvalue weighted by Gasteiger charge is 2.20. The summed E-state index contributed by atoms with van der Waals surface area (Å²) in [5, 5.41) is 6.44. The van der Waals surface area contributed by atoms with Gasteiger partial charge in [-0.15, -0.1) is 0 Å². The Morgan fingerprint density at radius 1 is 1.23 bits per heavy atom. The number of hydrogen-bond acceptors (Lipinski definition) is 6. The van der Waals surface area contributed by atoms with E-state index in [0.717, 1.165) is 37.8 Å². The Morgan fingerprint density at radius 2 is 2.00 bits per heavy atom. The number of allylic oxidation sites excluding steroid dienone is 4. The summed E-state index contributed by atoms with van der Waals surface area (Å²) < 4.78 is 1.69. The first-order valence-corrected chi connectivity index (χ1v) is 14.1. The second-order valence-electron chi connectivity index (χ2n) is 11.4. The molecule has 8 heteroatoms. The molecule has 1 aromatic carbocycles. The Labute approximate surface area is 231 Å². The molecular weight excluding hydrogens is 486 g/mol. The van der Waals surface area contributed by atoms with Crippen LogP contribution in [0.15, 0.2) is 57.4 Å². The van der Waals surface area contributed by atoms with E-state index in [4.69, 9.17) is 15.7 Å². The fourth-order valence-corrected chi connectivity index (χ4v) is 5.08. The minimum absolute atomic E-state index is 0.0527. The third-order valence-electron chi connectivity index (χ3n) is 7.23. The van der Waals surface area contributed by atoms with Crippen LogP contribution in [0, 0.1) is 0 Å². The molecule has 1 aliphatic carbocycles. The number of nitrogens with one attached hydrogen (secondary N) is 2. The van der Waals surface area contributed by atoms with Crippen molar-refractivity contribution in [1.29, 1.82) is 0 Å². The Bertz CT molecular complexity index is 1420. The number of hydrogen-bond donors (Lipinski definition) is 3. The molecule has 3 aromatic rings. The van der Waals surface area contributed by atoms with Gasteiger partial charge in [0.25, 0.3) is 5.56 Å². The molecule has 0 amide bonds. The molecule has 2 heterocycles. The van der Waals surface area contributed by atoms with Crippen molar-refractivity contribution in [3.63, 3.8) is 0 Å². The number of aromatic nitrogens is 4. The van der Waals surface area contributed by atoms with Gasteiger partial charge >= 0.3 is 0 Å². The van der Waals surface area contributed by atoms with Gasteiger partial charge in [0, 0.05) is 18.5 Å². The zero-order valence-electron chi connectivity index (χ0n) is 24.1. The highest BCUT2D eigenvalue weighted by Crippen LogP contribution is 2.26. The Morgan fingerprint density at radius 3 is 2.67 bits per heavy atom. The normalized spacial score (nSPS) is 15.0. The highest BCUT2D eigenvalue weighted by atomic mass is 16.1. The summed E-state index contributed by atoms with van der Waals surface area (Å²) in [6.07, 6.45) is 11.8. The molecule has 0 bridgehead atoms. The quantitative estimate of drug-likeness (QED) is 0.221. The highest BCUT2D eigenvalue weighted by molar-refractivity contribution is 5.63. The summed E-state index contributed by atoms with van der Waals surface area (Å²) in [5.74, 6) is 1.17. The predicted molar refractivity (Wildman–Crippen MR) is 162 cm³/mol. The first-order chi connectivity index (χ1) is 18.7. The van der Waals surface area contributed by atoms with Gasteiger partial charge in [-0.3, -0.25) is 14.9 Å². The summed E-state index contributed by atoms with van der Waals surface area (Å²) in [5.41, 5.74) is 11.9. The second-order valence-corrected chi connectivity index (χ2v) is 11.4. The van der Waals surface area contributed by atoms with Crippen LogP contribution in [0.25, 0.3) is 17.0 Å². The van der Waals surface area contributed by atoms with Crippen LogP contribution in [0.5, 0.6) is 0 Å². The Hall–Kier alpha value is -3.52. The zero-order valence-corrected chi connectivity index (χ0v) is 24.1. The summed E-state index contributed by atoms with van der Waals surface area (Å²) in [6.45, 7) is 11.9. The van der Waals surface area contributed by atoms with Gasteiger partial charge in [0.1, 0.15) is 0 Å². The number of H-pyrrole nitrogens is 1. The molecule has 4 rings (SSSR count). The maximum Gasteiger partial charge on any atom is 0.270 e. The Kier molecular flexibility index (Phi) is 9.17. The van der Waals surface area contributed by atoms with Crippen LogP contribution in [-0.2, 0) is 11.8 Å². The standard InChI is InChI=1S/C31H43N7O/c1-6-33-25(16-17-32)20-26-28-35-27(23-12-14-24(15-13-23)31(3,4)5)36-30(38(28)37-29(26)39)34-18-8-11-22-10-7-9-21(2)19-22/h6,9,12-15,19,25H,7-8,10-11,16-18,20,32H2,1-5H3,(H,37,39)(H,34,35,36). The van der Waals surface area contributed by atoms with Crippen molar-refractivity contribution in [3.05, 3.63) is 69.0 Å². The zero-order chi connectivity index (χ0) is 28.0. The lowest BCUT2D eigenvalue weighted by Crippen LogP contribution is -2.18. The number of anilines is 1. The van der Waals surface area contributed by atoms with Crippen molar-refractivity contribution in [2.75, 3.05) is 18.4 Å². The molecule has 0 aliphatic heterocycles. The van der Waals surface area contributed by atoms with Gasteiger partial charge in [-0.05, 0) is 69.7 Å². The Balaban J connectivity index is 1.68. The van der Waals surface area contributed by atoms with Crippen molar-refractivity contribution < 1.29 is 0 Å². The lowest BCUT2D eigenvalue weighted by Gasteiger charge is -2.19. The van der Waals surface area contributed by atoms with Crippen LogP contribution in [0.3, 0.4) is 0 Å². The monoisotopic (exact) mass is 529 g/mol. The van der Waals surface area contributed by atoms with E-state index in [9.17, 15) is 4.79 Å². The van der Waals surface area contributed by atoms with E-state index >= 15 is 0 Å². The molecule has 0 radical (unpaired) electrons. The van der Waals surface area contributed by atoms with Gasteiger partial charge in [-0.25, -0.2) is 9.50 Å². The largest absolute Gasteiger partial charge is 0.354 e. The van der Waals surface area contributed by atoms with Crippen LogP contribution >= 0.6 is 0 Å². The number of aliphatic imine (C=N–C) groups is 1. The van der Waals surface area contributed by atoms with Crippen molar-refractivity contribution in [2.24, 2.45) is 10.7 Å². The van der Waals surface area contributed by atoms with Gasteiger partial charge in [0.05, 0.1) is 11.6 Å². The van der Waals surface area contributed by atoms with E-state index < -0.39 is 0 Å². The lowest BCUT2D eigenvalue weighted by molar-refractivity contribution is 0.590. The molecule has 8 nitrogen and oxygen atoms in total. The van der Waals surface area contributed by atoms with E-state index in [1.807, 2.05) is 6.92 Å². The number of benzene rings is 1. The summed E-state index contributed by atoms with van der Waals surface area (Å²) in [7, 11) is 0. The van der Waals surface area contributed by atoms with Crippen LogP contribution in [0.4, 0.5) is 5.95 Å². The third-order valence-corrected chi connectivity index (χ3v) is 7.23. The van der Waals surface area contributed by atoms with E-state index in [-0.39, 0.29) is 17.0 Å². The number of fused-ring (bicyclic) bond motifs is 1. The van der Waals surface area contributed by atoms with Crippen LogP contribution in [0.1, 0.15) is 77.8 Å². The summed E-state index contributed by atoms with van der Waals surface area (Å²) >= 11 is 0. The molecule has 0 fully saturated rings. The molecular formula is C31H43N7O. The molecule has 4 N–H and O–H groups in total. The van der Waals surface area contributed by atoms with Crippen molar-refractivity contribution in [1.82, 2.24) is 19.6 Å². The van der Waals surface area contributed by atoms with Gasteiger partial charge in [0.15, 0.2) is 11.5 Å². The topological polar surface area (TPSA) is 113 Å². The second kappa shape index (κ2) is 12.6. The smallest absolute Gasteiger partial charge is 0.270 e. The fraction of sp³-hybridized carbons (Fsp3) is 0.484. The molecule has 1 unspecified atom stereocenters. The maximum absolute atomic E-state index is 13.1. The first-order valence-electron chi connectivity index (χ1n) is 14.1. The molecule has 1 aliphatic rings. The molecule has 0 spiro atoms. The van der Waals surface area contributed by atoms with Gasteiger partial charge in [-0.1, -0.05) is 68.3 Å². The number of rotatable bonds is 11. The molecule has 39 heavy (non-hydrogen) atoms. The lowest BCUT2D eigenvalue weighted by atomic mass is 9.87. The summed E-state index contributed by atoms with van der Waals surface area (Å²) in [6, 6.07) is 8.30. The minimum atomic E-state index is -0.171. The average molecular weight is 530 g/mol.